The Morgan fingerprint density at radius 1 is 1.44 bits per heavy atom. The lowest BCUT2D eigenvalue weighted by Crippen LogP contribution is -2.46. The minimum absolute atomic E-state index is 0.201. The van der Waals surface area contributed by atoms with Crippen LogP contribution < -0.4 is 0 Å². The van der Waals surface area contributed by atoms with Crippen molar-refractivity contribution in [2.45, 2.75) is 25.6 Å². The summed E-state index contributed by atoms with van der Waals surface area (Å²) in [5.41, 5.74) is 0.718. The first-order chi connectivity index (χ1) is 7.43. The Morgan fingerprint density at radius 3 is 2.75 bits per heavy atom. The summed E-state index contributed by atoms with van der Waals surface area (Å²) in [4.78, 5) is 15.9. The van der Waals surface area contributed by atoms with Gasteiger partial charge in [0.25, 0.3) is 5.91 Å². The lowest BCUT2D eigenvalue weighted by molar-refractivity contribution is 0.0828. The Labute approximate surface area is 94.2 Å². The largest absolute Gasteiger partial charge is 0.269 e. The molecule has 0 aromatic carbocycles. The van der Waals surface area contributed by atoms with Crippen molar-refractivity contribution in [1.82, 2.24) is 9.29 Å². The molecule has 1 aliphatic heterocycles. The predicted octanol–water partition coefficient (Wildman–Crippen LogP) is 0.776. The van der Waals surface area contributed by atoms with Gasteiger partial charge in [-0.2, -0.15) is 0 Å². The lowest BCUT2D eigenvalue weighted by atomic mass is 10.2. The van der Waals surface area contributed by atoms with E-state index in [0.29, 0.717) is 11.3 Å². The average Bonchev–Trinajstić information content (AvgIpc) is 2.15. The van der Waals surface area contributed by atoms with Crippen molar-refractivity contribution < 1.29 is 13.2 Å². The van der Waals surface area contributed by atoms with Crippen LogP contribution in [0.4, 0.5) is 0 Å². The summed E-state index contributed by atoms with van der Waals surface area (Å²) in [7, 11) is -3.56. The molecule has 2 rings (SSSR count). The van der Waals surface area contributed by atoms with Crippen LogP contribution in [0.25, 0.3) is 0 Å². The molecular weight excluding hydrogens is 228 g/mol. The molecule has 0 atom stereocenters. The SMILES string of the molecule is CC(C)N1C(=O)c2cccnc2CS1(=O)=O. The van der Waals surface area contributed by atoms with Gasteiger partial charge in [0.15, 0.2) is 0 Å². The quantitative estimate of drug-likeness (QED) is 0.727. The summed E-state index contributed by atoms with van der Waals surface area (Å²) in [6, 6.07) is 2.87. The molecular formula is C10H12N2O3S. The van der Waals surface area contributed by atoms with E-state index < -0.39 is 15.9 Å². The number of hydrogen-bond donors (Lipinski definition) is 0. The second-order valence-electron chi connectivity index (χ2n) is 3.95. The molecule has 0 unspecified atom stereocenters. The number of carbonyl (C=O) groups excluding carboxylic acids is 1. The van der Waals surface area contributed by atoms with Crippen molar-refractivity contribution in [1.29, 1.82) is 0 Å². The molecule has 2 heterocycles. The highest BCUT2D eigenvalue weighted by Crippen LogP contribution is 2.24. The van der Waals surface area contributed by atoms with Gasteiger partial charge in [0, 0.05) is 12.2 Å². The average molecular weight is 240 g/mol. The number of carbonyl (C=O) groups is 1. The molecule has 6 heteroatoms. The number of nitrogens with zero attached hydrogens (tertiary/aromatic N) is 2. The van der Waals surface area contributed by atoms with E-state index in [2.05, 4.69) is 4.98 Å². The number of hydrogen-bond acceptors (Lipinski definition) is 4. The van der Waals surface area contributed by atoms with Crippen molar-refractivity contribution in [2.75, 3.05) is 0 Å². The molecule has 16 heavy (non-hydrogen) atoms. The monoisotopic (exact) mass is 240 g/mol. The molecule has 1 aliphatic rings. The van der Waals surface area contributed by atoms with E-state index in [4.69, 9.17) is 0 Å². The minimum Gasteiger partial charge on any atom is -0.268 e. The topological polar surface area (TPSA) is 67.3 Å². The van der Waals surface area contributed by atoms with E-state index in [1.165, 1.54) is 6.20 Å². The van der Waals surface area contributed by atoms with Crippen LogP contribution in [0, 0.1) is 0 Å². The molecule has 0 radical (unpaired) electrons. The fourth-order valence-electron chi connectivity index (χ4n) is 1.79. The normalized spacial score (nSPS) is 18.7. The molecule has 0 N–H and O–H groups in total. The van der Waals surface area contributed by atoms with Gasteiger partial charge in [0.2, 0.25) is 10.0 Å². The van der Waals surface area contributed by atoms with Gasteiger partial charge < -0.3 is 0 Å². The van der Waals surface area contributed by atoms with Crippen molar-refractivity contribution in [2.24, 2.45) is 0 Å². The van der Waals surface area contributed by atoms with E-state index in [1.807, 2.05) is 0 Å². The highest BCUT2D eigenvalue weighted by molar-refractivity contribution is 7.89. The van der Waals surface area contributed by atoms with E-state index in [9.17, 15) is 13.2 Å². The predicted molar refractivity (Wildman–Crippen MR) is 58.2 cm³/mol. The summed E-state index contributed by atoms with van der Waals surface area (Å²) < 4.78 is 24.7. The van der Waals surface area contributed by atoms with Crippen LogP contribution in [0.1, 0.15) is 29.9 Å². The molecule has 86 valence electrons. The van der Waals surface area contributed by atoms with Gasteiger partial charge >= 0.3 is 0 Å². The maximum atomic E-state index is 12.0. The molecule has 1 aromatic heterocycles. The van der Waals surface area contributed by atoms with Crippen LogP contribution in [-0.4, -0.2) is 29.7 Å². The first-order valence-corrected chi connectivity index (χ1v) is 6.55. The van der Waals surface area contributed by atoms with Crippen LogP contribution >= 0.6 is 0 Å². The standard InChI is InChI=1S/C10H12N2O3S/c1-7(2)12-10(13)8-4-3-5-11-9(8)6-16(12,14)15/h3-5,7H,6H2,1-2H3. The van der Waals surface area contributed by atoms with Crippen molar-refractivity contribution in [3.05, 3.63) is 29.6 Å². The van der Waals surface area contributed by atoms with Crippen molar-refractivity contribution in [3.8, 4) is 0 Å². The fraction of sp³-hybridized carbons (Fsp3) is 0.400. The van der Waals surface area contributed by atoms with Crippen LogP contribution in [0.2, 0.25) is 0 Å². The van der Waals surface area contributed by atoms with Crippen molar-refractivity contribution >= 4 is 15.9 Å². The zero-order valence-electron chi connectivity index (χ0n) is 9.04. The van der Waals surface area contributed by atoms with Gasteiger partial charge in [0.1, 0.15) is 5.75 Å². The summed E-state index contributed by atoms with van der Waals surface area (Å²) in [5.74, 6) is -0.683. The third kappa shape index (κ3) is 1.59. The Morgan fingerprint density at radius 2 is 2.12 bits per heavy atom. The van der Waals surface area contributed by atoms with Gasteiger partial charge in [0.05, 0.1) is 11.3 Å². The summed E-state index contributed by atoms with van der Waals surface area (Å²) in [6.07, 6.45) is 1.49. The van der Waals surface area contributed by atoms with Crippen LogP contribution in [0.3, 0.4) is 0 Å². The Balaban J connectivity index is 2.61. The maximum Gasteiger partial charge on any atom is 0.269 e. The zero-order valence-corrected chi connectivity index (χ0v) is 9.86. The number of rotatable bonds is 1. The highest BCUT2D eigenvalue weighted by Gasteiger charge is 2.37. The molecule has 1 amide bonds. The summed E-state index contributed by atoms with van der Waals surface area (Å²) >= 11 is 0. The summed E-state index contributed by atoms with van der Waals surface area (Å²) in [6.45, 7) is 3.35. The molecule has 5 nitrogen and oxygen atoms in total. The Hall–Kier alpha value is -1.43. The van der Waals surface area contributed by atoms with E-state index in [0.717, 1.165) is 4.31 Å². The third-order valence-electron chi connectivity index (χ3n) is 2.41. The molecule has 1 aromatic rings. The van der Waals surface area contributed by atoms with Gasteiger partial charge in [-0.1, -0.05) is 0 Å². The van der Waals surface area contributed by atoms with Crippen molar-refractivity contribution in [3.63, 3.8) is 0 Å². The molecule has 0 aliphatic carbocycles. The van der Waals surface area contributed by atoms with Crippen LogP contribution in [0.5, 0.6) is 0 Å². The van der Waals surface area contributed by atoms with E-state index in [1.54, 1.807) is 26.0 Å². The van der Waals surface area contributed by atoms with Gasteiger partial charge in [-0.05, 0) is 26.0 Å². The molecule has 0 bridgehead atoms. The number of pyridine rings is 1. The highest BCUT2D eigenvalue weighted by atomic mass is 32.2. The first-order valence-electron chi connectivity index (χ1n) is 4.94. The minimum atomic E-state index is -3.56. The smallest absolute Gasteiger partial charge is 0.268 e. The second-order valence-corrected chi connectivity index (χ2v) is 5.79. The zero-order chi connectivity index (χ0) is 11.9. The number of sulfonamides is 1. The Bertz CT molecular complexity index is 537. The number of aromatic nitrogens is 1. The Kier molecular flexibility index (Phi) is 2.46. The van der Waals surface area contributed by atoms with Gasteiger partial charge in [-0.15, -0.1) is 0 Å². The lowest BCUT2D eigenvalue weighted by Gasteiger charge is -2.30. The second kappa shape index (κ2) is 3.55. The van der Waals surface area contributed by atoms with Crippen LogP contribution in [-0.2, 0) is 15.8 Å². The number of amides is 1. The maximum absolute atomic E-state index is 12.0. The van der Waals surface area contributed by atoms with E-state index in [-0.39, 0.29) is 11.8 Å². The van der Waals surface area contributed by atoms with Gasteiger partial charge in [-0.3, -0.25) is 9.78 Å². The fourth-order valence-corrected chi connectivity index (χ4v) is 3.50. The number of fused-ring (bicyclic) bond motifs is 1. The van der Waals surface area contributed by atoms with Crippen LogP contribution in [0.15, 0.2) is 18.3 Å². The van der Waals surface area contributed by atoms with Gasteiger partial charge in [-0.25, -0.2) is 12.7 Å². The van der Waals surface area contributed by atoms with E-state index >= 15 is 0 Å². The third-order valence-corrected chi connectivity index (χ3v) is 4.23. The molecule has 0 saturated heterocycles. The molecule has 0 spiro atoms. The first kappa shape index (κ1) is 11.1. The molecule has 0 saturated carbocycles. The summed E-state index contributed by atoms with van der Waals surface area (Å²) in [5, 5.41) is 0. The molecule has 0 fully saturated rings.